The van der Waals surface area contributed by atoms with Crippen LogP contribution in [0.2, 0.25) is 0 Å². The molecule has 6 aromatic heterocycles. The van der Waals surface area contributed by atoms with Crippen LogP contribution in [0.25, 0.3) is 22.3 Å². The highest BCUT2D eigenvalue weighted by molar-refractivity contribution is 6.05. The third-order valence-corrected chi connectivity index (χ3v) is 13.9. The fraction of sp³-hybridized carbons (Fsp3) is 0.400. The molecule has 10 rings (SSSR count). The van der Waals surface area contributed by atoms with Gasteiger partial charge in [-0.05, 0) is 106 Å². The smallest absolute Gasteiger partial charge is 0.255 e. The minimum Gasteiger partial charge on any atom is -0.389 e. The maximum atomic E-state index is 13.8. The second-order valence-electron chi connectivity index (χ2n) is 20.4. The summed E-state index contributed by atoms with van der Waals surface area (Å²) in [6, 6.07) is 20.6. The number of nitriles is 1. The van der Waals surface area contributed by atoms with E-state index in [4.69, 9.17) is 29.2 Å². The normalized spacial score (nSPS) is 16.5. The van der Waals surface area contributed by atoms with Gasteiger partial charge in [-0.3, -0.25) is 29.5 Å². The molecule has 4 saturated heterocycles. The summed E-state index contributed by atoms with van der Waals surface area (Å²) in [6.07, 6.45) is 5.69. The number of aliphatic hydroxyl groups excluding tert-OH is 1. The molecular weight excluding hydrogens is 955 g/mol. The van der Waals surface area contributed by atoms with Crippen molar-refractivity contribution in [3.05, 3.63) is 119 Å². The van der Waals surface area contributed by atoms with Crippen molar-refractivity contribution in [3.63, 3.8) is 0 Å². The van der Waals surface area contributed by atoms with Gasteiger partial charge in [0.1, 0.15) is 28.9 Å². The topological polar surface area (TPSA) is 240 Å². The number of carbonyl (C=O) groups is 2. The Morgan fingerprint density at radius 1 is 0.680 bits per heavy atom. The lowest BCUT2D eigenvalue weighted by Gasteiger charge is -2.40. The van der Waals surface area contributed by atoms with Crippen LogP contribution < -0.4 is 30.2 Å². The molecule has 4 N–H and O–H groups in total. The number of hydrogen-bond acceptors (Lipinski definition) is 18. The van der Waals surface area contributed by atoms with Crippen molar-refractivity contribution in [1.82, 2.24) is 29.9 Å². The van der Waals surface area contributed by atoms with E-state index >= 15 is 0 Å². The monoisotopic (exact) mass is 1020 g/mol. The number of aryl methyl sites for hydroxylation is 1. The molecule has 4 aliphatic rings. The highest BCUT2D eigenvalue weighted by Crippen LogP contribution is 2.37. The molecular formula is C55H61N13O7. The number of pyridine rings is 6. The fourth-order valence-corrected chi connectivity index (χ4v) is 9.22. The van der Waals surface area contributed by atoms with Crippen LogP contribution in [0.15, 0.2) is 85.5 Å². The number of amides is 2. The minimum absolute atomic E-state index is 0.165. The van der Waals surface area contributed by atoms with Gasteiger partial charge in [0.25, 0.3) is 11.8 Å². The number of β-amino-alcohol motifs (C(OH)–C–C–N with tert-alkyl or cyclic N) is 1. The first-order valence-corrected chi connectivity index (χ1v) is 25.2. The zero-order valence-corrected chi connectivity index (χ0v) is 42.8. The van der Waals surface area contributed by atoms with Gasteiger partial charge in [0.15, 0.2) is 0 Å². The third-order valence-electron chi connectivity index (χ3n) is 13.9. The quantitative estimate of drug-likeness (QED) is 0.0994. The van der Waals surface area contributed by atoms with Crippen LogP contribution in [-0.2, 0) is 31.8 Å². The maximum absolute atomic E-state index is 13.8. The number of aromatic nitrogens is 6. The summed E-state index contributed by atoms with van der Waals surface area (Å²) in [5.74, 6) is 2.34. The van der Waals surface area contributed by atoms with Gasteiger partial charge in [-0.15, -0.1) is 0 Å². The van der Waals surface area contributed by atoms with Crippen LogP contribution in [0.4, 0.5) is 34.6 Å². The Morgan fingerprint density at radius 2 is 1.16 bits per heavy atom. The van der Waals surface area contributed by atoms with Crippen LogP contribution in [0, 0.1) is 18.3 Å². The molecule has 0 radical (unpaired) electrons. The Labute approximate surface area is 435 Å². The number of nitrogens with zero attached hydrogens (tertiary/aromatic N) is 11. The van der Waals surface area contributed by atoms with Crippen molar-refractivity contribution < 1.29 is 34.0 Å². The number of hydrogen-bond donors (Lipinski definition) is 4. The Bertz CT molecular complexity index is 3140. The van der Waals surface area contributed by atoms with E-state index in [1.807, 2.05) is 42.2 Å². The van der Waals surface area contributed by atoms with Gasteiger partial charge in [0.05, 0.1) is 97.6 Å². The standard InChI is InChI=1S/C55H61N13O7/c1-34-43(24-39(26-59-34)61-53(71)36-7-9-58-47(19-36)55(4,5)72)37-20-48(65-10-14-73-15-11-65)64-51(21-37)68-30-42(31-68)75-32-45-44(25-40(27-60-45)62-52(70)35-6-8-57-46(18-35)54(2,3)33-56)38-22-49(66-12-16-74-17-13-66)63-50(23-38)67-28-41(69)29-67/h6-9,18-27,41-42,69,72H,10-17,28-32H2,1-5H3,(H,61,71)(H,62,70). The zero-order chi connectivity index (χ0) is 52.4. The average molecular weight is 1020 g/mol. The van der Waals surface area contributed by atoms with Crippen LogP contribution >= 0.6 is 0 Å². The number of anilines is 6. The van der Waals surface area contributed by atoms with Crippen molar-refractivity contribution in [2.24, 2.45) is 0 Å². The molecule has 10 heterocycles. The van der Waals surface area contributed by atoms with Gasteiger partial charge >= 0.3 is 0 Å². The van der Waals surface area contributed by atoms with Gasteiger partial charge < -0.3 is 54.7 Å². The molecule has 388 valence electrons. The van der Waals surface area contributed by atoms with Crippen LogP contribution in [0.3, 0.4) is 0 Å². The Balaban J connectivity index is 0.908. The second kappa shape index (κ2) is 21.3. The molecule has 0 aromatic carbocycles. The van der Waals surface area contributed by atoms with E-state index in [2.05, 4.69) is 52.4 Å². The average Bonchev–Trinajstić information content (AvgIpc) is 3.40. The van der Waals surface area contributed by atoms with Gasteiger partial charge in [-0.1, -0.05) is 0 Å². The summed E-state index contributed by atoms with van der Waals surface area (Å²) >= 11 is 0. The number of rotatable bonds is 15. The number of carbonyl (C=O) groups excluding carboxylic acids is 2. The van der Waals surface area contributed by atoms with Crippen molar-refractivity contribution in [2.75, 3.05) is 109 Å². The molecule has 0 aliphatic carbocycles. The van der Waals surface area contributed by atoms with Crippen molar-refractivity contribution in [3.8, 4) is 28.3 Å². The van der Waals surface area contributed by atoms with Gasteiger partial charge in [0, 0.05) is 92.7 Å². The molecule has 2 amide bonds. The van der Waals surface area contributed by atoms with Crippen molar-refractivity contribution in [2.45, 2.75) is 64.4 Å². The number of nitrogens with one attached hydrogen (secondary N) is 2. The first-order valence-electron chi connectivity index (χ1n) is 25.2. The van der Waals surface area contributed by atoms with Crippen LogP contribution in [0.5, 0.6) is 0 Å². The molecule has 20 nitrogen and oxygen atoms in total. The zero-order valence-electron chi connectivity index (χ0n) is 42.8. The van der Waals surface area contributed by atoms with Crippen LogP contribution in [0.1, 0.15) is 71.2 Å². The maximum Gasteiger partial charge on any atom is 0.255 e. The minimum atomic E-state index is -1.21. The molecule has 0 atom stereocenters. The van der Waals surface area contributed by atoms with Gasteiger partial charge in [-0.25, -0.2) is 9.97 Å². The Morgan fingerprint density at radius 3 is 1.69 bits per heavy atom. The van der Waals surface area contributed by atoms with Crippen molar-refractivity contribution in [1.29, 1.82) is 5.26 Å². The lowest BCUT2D eigenvalue weighted by molar-refractivity contribution is 0.0207. The predicted octanol–water partition coefficient (Wildman–Crippen LogP) is 5.49. The largest absolute Gasteiger partial charge is 0.389 e. The molecule has 6 aromatic rings. The van der Waals surface area contributed by atoms with Gasteiger partial charge in [0.2, 0.25) is 0 Å². The molecule has 4 fully saturated rings. The lowest BCUT2D eigenvalue weighted by atomic mass is 9.90. The molecule has 0 spiro atoms. The Kier molecular flexibility index (Phi) is 14.4. The highest BCUT2D eigenvalue weighted by Gasteiger charge is 2.32. The first-order chi connectivity index (χ1) is 36.1. The van der Waals surface area contributed by atoms with Gasteiger partial charge in [-0.2, -0.15) is 5.26 Å². The van der Waals surface area contributed by atoms with Crippen molar-refractivity contribution >= 4 is 46.5 Å². The predicted molar refractivity (Wildman–Crippen MR) is 283 cm³/mol. The Hall–Kier alpha value is -7.67. The van der Waals surface area contributed by atoms with E-state index in [1.165, 1.54) is 12.4 Å². The van der Waals surface area contributed by atoms with E-state index in [1.54, 1.807) is 64.4 Å². The first kappa shape index (κ1) is 50.8. The van der Waals surface area contributed by atoms with Crippen LogP contribution in [-0.4, -0.2) is 143 Å². The molecule has 0 saturated carbocycles. The second-order valence-corrected chi connectivity index (χ2v) is 20.4. The molecule has 4 aliphatic heterocycles. The van der Waals surface area contributed by atoms with E-state index in [0.717, 1.165) is 51.2 Å². The third kappa shape index (κ3) is 11.5. The number of ether oxygens (including phenoxy) is 3. The summed E-state index contributed by atoms with van der Waals surface area (Å²) in [4.78, 5) is 64.3. The summed E-state index contributed by atoms with van der Waals surface area (Å²) in [7, 11) is 0. The highest BCUT2D eigenvalue weighted by atomic mass is 16.5. The summed E-state index contributed by atoms with van der Waals surface area (Å²) in [5, 5.41) is 36.6. The molecule has 75 heavy (non-hydrogen) atoms. The van der Waals surface area contributed by atoms with E-state index < -0.39 is 17.1 Å². The van der Waals surface area contributed by atoms with E-state index in [0.29, 0.717) is 118 Å². The number of morpholine rings is 2. The summed E-state index contributed by atoms with van der Waals surface area (Å²) in [6.45, 7) is 15.9. The lowest BCUT2D eigenvalue weighted by Crippen LogP contribution is -2.52. The molecule has 0 bridgehead atoms. The summed E-state index contributed by atoms with van der Waals surface area (Å²) in [5.41, 5.74) is 5.19. The number of aliphatic hydroxyl groups is 2. The summed E-state index contributed by atoms with van der Waals surface area (Å²) < 4.78 is 18.0. The molecule has 20 heteroatoms. The molecule has 0 unspecified atom stereocenters. The fourth-order valence-electron chi connectivity index (χ4n) is 9.22. The van der Waals surface area contributed by atoms with E-state index in [9.17, 15) is 25.1 Å². The van der Waals surface area contributed by atoms with E-state index in [-0.39, 0.29) is 24.5 Å². The SMILES string of the molecule is Cc1ncc(NC(=O)c2ccnc(C(C)(C)O)c2)cc1-c1cc(N2CCOCC2)nc(N2CC(OCc3ncc(NC(=O)c4ccnc(C(C)(C)C#N)c4)cc3-c3cc(N4CCOCC4)nc(N4CC(O)C4)c3)C2)c1.